The third kappa shape index (κ3) is 4.10. The van der Waals surface area contributed by atoms with E-state index in [0.717, 1.165) is 56.3 Å². The highest BCUT2D eigenvalue weighted by Gasteiger charge is 2.13. The van der Waals surface area contributed by atoms with Crippen molar-refractivity contribution in [1.29, 1.82) is 0 Å². The summed E-state index contributed by atoms with van der Waals surface area (Å²) in [5.41, 5.74) is 8.32. The maximum Gasteiger partial charge on any atom is 0.0642 e. The first-order valence-electron chi connectivity index (χ1n) is 7.07. The zero-order valence-corrected chi connectivity index (χ0v) is 12.3. The summed E-state index contributed by atoms with van der Waals surface area (Å²) in [6.07, 6.45) is 2.93. The summed E-state index contributed by atoms with van der Waals surface area (Å²) in [5.74, 6) is 0. The molecule has 4 heteroatoms. The topological polar surface area (TPSA) is 38.5 Å². The average Bonchev–Trinajstić information content (AvgIpc) is 2.67. The lowest BCUT2D eigenvalue weighted by molar-refractivity contribution is 0.152. The maximum atomic E-state index is 6.42. The molecule has 1 saturated heterocycles. The molecule has 0 radical (unpaired) electrons. The van der Waals surface area contributed by atoms with Gasteiger partial charge in [0.25, 0.3) is 0 Å². The molecule has 1 atom stereocenters. The zero-order chi connectivity index (χ0) is 13.7. The fourth-order valence-corrected chi connectivity index (χ4v) is 2.69. The number of hydrogen-bond acceptors (Lipinski definition) is 3. The van der Waals surface area contributed by atoms with Crippen LogP contribution in [0.15, 0.2) is 18.2 Å². The molecule has 0 aliphatic carbocycles. The quantitative estimate of drug-likeness (QED) is 0.923. The van der Waals surface area contributed by atoms with Crippen molar-refractivity contribution in [2.45, 2.75) is 32.2 Å². The Hall–Kier alpha value is -0.770. The Labute approximate surface area is 120 Å². The highest BCUT2D eigenvalue weighted by molar-refractivity contribution is 6.33. The molecule has 0 aromatic heterocycles. The van der Waals surface area contributed by atoms with Crippen molar-refractivity contribution in [2.75, 3.05) is 31.2 Å². The molecule has 19 heavy (non-hydrogen) atoms. The molecule has 2 N–H and O–H groups in total. The number of halogens is 1. The van der Waals surface area contributed by atoms with Crippen molar-refractivity contribution in [3.8, 4) is 0 Å². The largest absolute Gasteiger partial charge is 0.380 e. The number of hydrogen-bond donors (Lipinski definition) is 1. The number of rotatable bonds is 4. The van der Waals surface area contributed by atoms with Crippen molar-refractivity contribution in [3.63, 3.8) is 0 Å². The Kier molecular flexibility index (Phi) is 5.49. The fourth-order valence-electron chi connectivity index (χ4n) is 2.37. The summed E-state index contributed by atoms with van der Waals surface area (Å²) in [6.45, 7) is 5.65. The van der Waals surface area contributed by atoms with Crippen LogP contribution in [0.5, 0.6) is 0 Å². The lowest BCUT2D eigenvalue weighted by Gasteiger charge is -2.23. The van der Waals surface area contributed by atoms with Crippen LogP contribution in [-0.2, 0) is 11.2 Å². The molecule has 0 amide bonds. The first-order valence-corrected chi connectivity index (χ1v) is 7.45. The van der Waals surface area contributed by atoms with Crippen molar-refractivity contribution >= 4 is 17.3 Å². The normalized spacial score (nSPS) is 18.2. The summed E-state index contributed by atoms with van der Waals surface area (Å²) in [5, 5.41) is 0.822. The molecule has 1 aliphatic heterocycles. The van der Waals surface area contributed by atoms with E-state index in [9.17, 15) is 0 Å². The van der Waals surface area contributed by atoms with Gasteiger partial charge in [-0.05, 0) is 37.0 Å². The number of anilines is 1. The maximum absolute atomic E-state index is 6.42. The molecule has 2 rings (SSSR count). The number of nitrogens with zero attached hydrogens (tertiary/aromatic N) is 1. The van der Waals surface area contributed by atoms with E-state index in [1.807, 2.05) is 0 Å². The SMILES string of the molecule is CCC(N)Cc1ccc(N2CCCOCC2)c(Cl)c1. The van der Waals surface area contributed by atoms with Crippen LogP contribution in [0.1, 0.15) is 25.3 Å². The van der Waals surface area contributed by atoms with Crippen molar-refractivity contribution in [3.05, 3.63) is 28.8 Å². The predicted octanol–water partition coefficient (Wildman–Crippen LogP) is 2.85. The lowest BCUT2D eigenvalue weighted by Crippen LogP contribution is -2.26. The van der Waals surface area contributed by atoms with E-state index < -0.39 is 0 Å². The predicted molar refractivity (Wildman–Crippen MR) is 81.1 cm³/mol. The average molecular weight is 283 g/mol. The smallest absolute Gasteiger partial charge is 0.0642 e. The first-order chi connectivity index (χ1) is 9.20. The standard InChI is InChI=1S/C15H23ClN2O/c1-2-13(17)10-12-4-5-15(14(16)11-12)18-6-3-8-19-9-7-18/h4-5,11,13H,2-3,6-10,17H2,1H3. The van der Waals surface area contributed by atoms with E-state index in [4.69, 9.17) is 22.1 Å². The number of benzene rings is 1. The summed E-state index contributed by atoms with van der Waals surface area (Å²) >= 11 is 6.42. The van der Waals surface area contributed by atoms with E-state index in [0.29, 0.717) is 0 Å². The first kappa shape index (κ1) is 14.6. The van der Waals surface area contributed by atoms with Gasteiger partial charge in [-0.1, -0.05) is 24.6 Å². The Morgan fingerprint density at radius 2 is 2.21 bits per heavy atom. The molecule has 1 aromatic carbocycles. The Morgan fingerprint density at radius 1 is 1.37 bits per heavy atom. The molecule has 1 aliphatic rings. The molecule has 0 bridgehead atoms. The molecule has 1 fully saturated rings. The van der Waals surface area contributed by atoms with Gasteiger partial charge in [0.2, 0.25) is 0 Å². The minimum absolute atomic E-state index is 0.216. The second-order valence-corrected chi connectivity index (χ2v) is 5.52. The number of ether oxygens (including phenoxy) is 1. The van der Waals surface area contributed by atoms with Crippen molar-refractivity contribution in [1.82, 2.24) is 0 Å². The van der Waals surface area contributed by atoms with Gasteiger partial charge in [0.1, 0.15) is 0 Å². The van der Waals surface area contributed by atoms with Crippen molar-refractivity contribution in [2.24, 2.45) is 5.73 Å². The van der Waals surface area contributed by atoms with Crippen LogP contribution in [0.25, 0.3) is 0 Å². The number of nitrogens with two attached hydrogens (primary N) is 1. The molecular formula is C15H23ClN2O. The van der Waals surface area contributed by atoms with Crippen LogP contribution in [-0.4, -0.2) is 32.3 Å². The van der Waals surface area contributed by atoms with Gasteiger partial charge >= 0.3 is 0 Å². The lowest BCUT2D eigenvalue weighted by atomic mass is 10.0. The zero-order valence-electron chi connectivity index (χ0n) is 11.6. The molecule has 1 heterocycles. The Morgan fingerprint density at radius 3 is 2.95 bits per heavy atom. The van der Waals surface area contributed by atoms with E-state index >= 15 is 0 Å². The Balaban J connectivity index is 2.09. The third-order valence-corrected chi connectivity index (χ3v) is 3.90. The van der Waals surface area contributed by atoms with E-state index in [-0.39, 0.29) is 6.04 Å². The van der Waals surface area contributed by atoms with Crippen LogP contribution < -0.4 is 10.6 Å². The monoisotopic (exact) mass is 282 g/mol. The minimum Gasteiger partial charge on any atom is -0.380 e. The van der Waals surface area contributed by atoms with Crippen LogP contribution in [0.2, 0.25) is 5.02 Å². The van der Waals surface area contributed by atoms with Crippen LogP contribution in [0, 0.1) is 0 Å². The van der Waals surface area contributed by atoms with E-state index in [1.165, 1.54) is 5.56 Å². The van der Waals surface area contributed by atoms with Crippen molar-refractivity contribution < 1.29 is 4.74 Å². The molecule has 0 spiro atoms. The fraction of sp³-hybridized carbons (Fsp3) is 0.600. The van der Waals surface area contributed by atoms with Crippen LogP contribution >= 0.6 is 11.6 Å². The van der Waals surface area contributed by atoms with Gasteiger partial charge in [0.15, 0.2) is 0 Å². The van der Waals surface area contributed by atoms with E-state index in [2.05, 4.69) is 30.0 Å². The van der Waals surface area contributed by atoms with Gasteiger partial charge in [-0.25, -0.2) is 0 Å². The third-order valence-electron chi connectivity index (χ3n) is 3.60. The summed E-state index contributed by atoms with van der Waals surface area (Å²) < 4.78 is 5.48. The van der Waals surface area contributed by atoms with Gasteiger partial charge in [0, 0.05) is 25.7 Å². The van der Waals surface area contributed by atoms with Gasteiger partial charge < -0.3 is 15.4 Å². The highest BCUT2D eigenvalue weighted by Crippen LogP contribution is 2.28. The molecule has 3 nitrogen and oxygen atoms in total. The summed E-state index contributed by atoms with van der Waals surface area (Å²) in [4.78, 5) is 2.30. The molecule has 1 unspecified atom stereocenters. The van der Waals surface area contributed by atoms with Crippen LogP contribution in [0.3, 0.4) is 0 Å². The highest BCUT2D eigenvalue weighted by atomic mass is 35.5. The molecule has 106 valence electrons. The van der Waals surface area contributed by atoms with E-state index in [1.54, 1.807) is 0 Å². The van der Waals surface area contributed by atoms with Gasteiger partial charge in [0.05, 0.1) is 17.3 Å². The van der Waals surface area contributed by atoms with Crippen LogP contribution in [0.4, 0.5) is 5.69 Å². The van der Waals surface area contributed by atoms with Gasteiger partial charge in [-0.2, -0.15) is 0 Å². The second-order valence-electron chi connectivity index (χ2n) is 5.11. The minimum atomic E-state index is 0.216. The summed E-state index contributed by atoms with van der Waals surface area (Å²) in [6, 6.07) is 6.53. The van der Waals surface area contributed by atoms with Gasteiger partial charge in [-0.15, -0.1) is 0 Å². The summed E-state index contributed by atoms with van der Waals surface area (Å²) in [7, 11) is 0. The Bertz CT molecular complexity index is 403. The second kappa shape index (κ2) is 7.13. The molecule has 0 saturated carbocycles. The molecule has 1 aromatic rings. The van der Waals surface area contributed by atoms with Gasteiger partial charge in [-0.3, -0.25) is 0 Å². The molecular weight excluding hydrogens is 260 g/mol.